The monoisotopic (exact) mass is 310 g/mol. The van der Waals surface area contributed by atoms with Gasteiger partial charge in [0.25, 0.3) is 0 Å². The van der Waals surface area contributed by atoms with Gasteiger partial charge in [-0.15, -0.1) is 11.3 Å². The van der Waals surface area contributed by atoms with Gasteiger partial charge >= 0.3 is 0 Å². The van der Waals surface area contributed by atoms with E-state index in [4.69, 9.17) is 0 Å². The van der Waals surface area contributed by atoms with E-state index in [1.807, 2.05) is 11.8 Å². The number of thiophene rings is 1. The van der Waals surface area contributed by atoms with Crippen LogP contribution in [0.2, 0.25) is 0 Å². The Balaban J connectivity index is 1.74. The van der Waals surface area contributed by atoms with E-state index in [9.17, 15) is 4.79 Å². The molecule has 1 aromatic heterocycles. The SMILES string of the molecule is CSC1CCC(N2C(=O)CNC2c2ccc(C)s2)CC1. The molecule has 3 nitrogen and oxygen atoms in total. The lowest BCUT2D eigenvalue weighted by Gasteiger charge is -2.37. The molecule has 2 fully saturated rings. The van der Waals surface area contributed by atoms with Gasteiger partial charge in [0.05, 0.1) is 6.54 Å². The Hall–Kier alpha value is -0.520. The number of aryl methyl sites for hydroxylation is 1. The second-order valence-electron chi connectivity index (χ2n) is 5.70. The van der Waals surface area contributed by atoms with E-state index in [0.29, 0.717) is 12.6 Å². The standard InChI is InChI=1S/C15H22N2OS2/c1-10-3-8-13(20-10)15-16-9-14(18)17(15)11-4-6-12(19-2)7-5-11/h3,8,11-12,15-16H,4-7,9H2,1-2H3. The van der Waals surface area contributed by atoms with Gasteiger partial charge < -0.3 is 4.90 Å². The van der Waals surface area contributed by atoms with E-state index in [1.165, 1.54) is 22.6 Å². The molecule has 1 aliphatic carbocycles. The van der Waals surface area contributed by atoms with Crippen LogP contribution in [0.5, 0.6) is 0 Å². The minimum Gasteiger partial charge on any atom is -0.318 e. The third kappa shape index (κ3) is 2.76. The molecule has 1 N–H and O–H groups in total. The van der Waals surface area contributed by atoms with Gasteiger partial charge in [0.2, 0.25) is 5.91 Å². The summed E-state index contributed by atoms with van der Waals surface area (Å²) in [5.74, 6) is 0.272. The Morgan fingerprint density at radius 1 is 1.30 bits per heavy atom. The first-order chi connectivity index (χ1) is 9.69. The Bertz CT molecular complexity index is 480. The molecule has 1 saturated carbocycles. The number of hydrogen-bond acceptors (Lipinski definition) is 4. The Morgan fingerprint density at radius 2 is 2.05 bits per heavy atom. The third-order valence-electron chi connectivity index (χ3n) is 4.41. The van der Waals surface area contributed by atoms with Gasteiger partial charge in [0.1, 0.15) is 6.17 Å². The van der Waals surface area contributed by atoms with Crippen molar-refractivity contribution in [3.63, 3.8) is 0 Å². The van der Waals surface area contributed by atoms with Gasteiger partial charge in [-0.3, -0.25) is 10.1 Å². The molecule has 1 aromatic rings. The third-order valence-corrected chi connectivity index (χ3v) is 6.61. The van der Waals surface area contributed by atoms with Crippen LogP contribution in [0.3, 0.4) is 0 Å². The summed E-state index contributed by atoms with van der Waals surface area (Å²) in [6, 6.07) is 4.73. The number of thioether (sulfide) groups is 1. The van der Waals surface area contributed by atoms with Crippen LogP contribution in [-0.4, -0.2) is 34.9 Å². The van der Waals surface area contributed by atoms with E-state index in [0.717, 1.165) is 18.1 Å². The van der Waals surface area contributed by atoms with E-state index < -0.39 is 0 Å². The fourth-order valence-corrected chi connectivity index (χ4v) is 5.03. The van der Waals surface area contributed by atoms with Crippen LogP contribution in [0.25, 0.3) is 0 Å². The maximum atomic E-state index is 12.3. The number of nitrogens with one attached hydrogen (secondary N) is 1. The minimum absolute atomic E-state index is 0.108. The van der Waals surface area contributed by atoms with Crippen LogP contribution < -0.4 is 5.32 Å². The average Bonchev–Trinajstić information content (AvgIpc) is 3.05. The quantitative estimate of drug-likeness (QED) is 0.931. The van der Waals surface area contributed by atoms with Crippen molar-refractivity contribution in [2.75, 3.05) is 12.8 Å². The molecule has 2 aliphatic rings. The maximum Gasteiger partial charge on any atom is 0.238 e. The fraction of sp³-hybridized carbons (Fsp3) is 0.667. The smallest absolute Gasteiger partial charge is 0.238 e. The highest BCUT2D eigenvalue weighted by molar-refractivity contribution is 7.99. The second kappa shape index (κ2) is 6.08. The van der Waals surface area contributed by atoms with Crippen LogP contribution in [0.1, 0.15) is 41.6 Å². The van der Waals surface area contributed by atoms with Crippen molar-refractivity contribution in [2.45, 2.75) is 50.1 Å². The van der Waals surface area contributed by atoms with E-state index in [-0.39, 0.29) is 12.1 Å². The predicted octanol–water partition coefficient (Wildman–Crippen LogP) is 3.16. The molecule has 0 spiro atoms. The molecule has 2 heterocycles. The molecule has 0 bridgehead atoms. The minimum atomic E-state index is 0.108. The summed E-state index contributed by atoms with van der Waals surface area (Å²) in [6.07, 6.45) is 7.10. The molecule has 1 unspecified atom stereocenters. The first kappa shape index (κ1) is 14.4. The van der Waals surface area contributed by atoms with Crippen LogP contribution in [-0.2, 0) is 4.79 Å². The lowest BCUT2D eigenvalue weighted by atomic mass is 9.93. The molecule has 1 atom stereocenters. The molecule has 20 heavy (non-hydrogen) atoms. The van der Waals surface area contributed by atoms with Gasteiger partial charge in [0.15, 0.2) is 0 Å². The summed E-state index contributed by atoms with van der Waals surface area (Å²) in [6.45, 7) is 2.61. The Morgan fingerprint density at radius 3 is 2.65 bits per heavy atom. The van der Waals surface area contributed by atoms with Crippen molar-refractivity contribution < 1.29 is 4.79 Å². The van der Waals surface area contributed by atoms with Gasteiger partial charge in [-0.2, -0.15) is 11.8 Å². The summed E-state index contributed by atoms with van der Waals surface area (Å²) < 4.78 is 0. The summed E-state index contributed by atoms with van der Waals surface area (Å²) in [7, 11) is 0. The van der Waals surface area contributed by atoms with Crippen LogP contribution >= 0.6 is 23.1 Å². The highest BCUT2D eigenvalue weighted by atomic mass is 32.2. The van der Waals surface area contributed by atoms with Crippen molar-refractivity contribution in [1.29, 1.82) is 0 Å². The molecule has 0 radical (unpaired) electrons. The van der Waals surface area contributed by atoms with E-state index >= 15 is 0 Å². The molecule has 110 valence electrons. The van der Waals surface area contributed by atoms with E-state index in [2.05, 4.69) is 35.5 Å². The zero-order chi connectivity index (χ0) is 14.1. The molecule has 5 heteroatoms. The van der Waals surface area contributed by atoms with Crippen LogP contribution in [0, 0.1) is 6.92 Å². The van der Waals surface area contributed by atoms with Crippen LogP contribution in [0.4, 0.5) is 0 Å². The number of carbonyl (C=O) groups is 1. The summed E-state index contributed by atoms with van der Waals surface area (Å²) in [5, 5.41) is 4.18. The van der Waals surface area contributed by atoms with Gasteiger partial charge in [0, 0.05) is 21.0 Å². The van der Waals surface area contributed by atoms with Crippen molar-refractivity contribution in [3.8, 4) is 0 Å². The summed E-state index contributed by atoms with van der Waals surface area (Å²) >= 11 is 3.77. The van der Waals surface area contributed by atoms with Crippen molar-refractivity contribution in [1.82, 2.24) is 10.2 Å². The lowest BCUT2D eigenvalue weighted by molar-refractivity contribution is -0.131. The highest BCUT2D eigenvalue weighted by Gasteiger charge is 2.38. The topological polar surface area (TPSA) is 32.3 Å². The number of amides is 1. The van der Waals surface area contributed by atoms with Crippen molar-refractivity contribution in [3.05, 3.63) is 21.9 Å². The Labute approximate surface area is 129 Å². The van der Waals surface area contributed by atoms with Gasteiger partial charge in [-0.05, 0) is 51.0 Å². The number of hydrogen-bond donors (Lipinski definition) is 1. The zero-order valence-electron chi connectivity index (χ0n) is 12.1. The second-order valence-corrected chi connectivity index (χ2v) is 8.16. The first-order valence-electron chi connectivity index (χ1n) is 7.32. The molecule has 1 amide bonds. The molecule has 0 aromatic carbocycles. The van der Waals surface area contributed by atoms with E-state index in [1.54, 1.807) is 11.3 Å². The highest BCUT2D eigenvalue weighted by Crippen LogP contribution is 2.36. The fourth-order valence-electron chi connectivity index (χ4n) is 3.33. The number of rotatable bonds is 3. The molecule has 1 saturated heterocycles. The lowest BCUT2D eigenvalue weighted by Crippen LogP contribution is -2.41. The molecular weight excluding hydrogens is 288 g/mol. The maximum absolute atomic E-state index is 12.3. The first-order valence-corrected chi connectivity index (χ1v) is 9.43. The number of nitrogens with zero attached hydrogens (tertiary/aromatic N) is 1. The number of carbonyl (C=O) groups excluding carboxylic acids is 1. The molecular formula is C15H22N2OS2. The van der Waals surface area contributed by atoms with Gasteiger partial charge in [-0.1, -0.05) is 0 Å². The predicted molar refractivity (Wildman–Crippen MR) is 86.2 cm³/mol. The van der Waals surface area contributed by atoms with Crippen molar-refractivity contribution >= 4 is 29.0 Å². The molecule has 1 aliphatic heterocycles. The molecule has 3 rings (SSSR count). The van der Waals surface area contributed by atoms with Crippen molar-refractivity contribution in [2.24, 2.45) is 0 Å². The summed E-state index contributed by atoms with van der Waals surface area (Å²) in [5.41, 5.74) is 0. The average molecular weight is 310 g/mol. The van der Waals surface area contributed by atoms with Crippen LogP contribution in [0.15, 0.2) is 12.1 Å². The zero-order valence-corrected chi connectivity index (χ0v) is 13.7. The normalized spacial score (nSPS) is 31.0. The summed E-state index contributed by atoms with van der Waals surface area (Å²) in [4.78, 5) is 17.0. The van der Waals surface area contributed by atoms with Gasteiger partial charge in [-0.25, -0.2) is 0 Å². The Kier molecular flexibility index (Phi) is 4.38. The largest absolute Gasteiger partial charge is 0.318 e.